The molecule has 2 saturated carbocycles. The van der Waals surface area contributed by atoms with Crippen LogP contribution in [0.2, 0.25) is 0 Å². The van der Waals surface area contributed by atoms with E-state index in [1.54, 1.807) is 0 Å². The van der Waals surface area contributed by atoms with Gasteiger partial charge < -0.3 is 4.74 Å². The standard InChI is InChI=1S/C9H12O5S/c1-15(11,12)14-7-4-2-5-6(3-4)9(10)13-8(5)7/h4-8H,2-3H2,1H3. The van der Waals surface area contributed by atoms with E-state index in [9.17, 15) is 13.2 Å². The predicted molar refractivity (Wildman–Crippen MR) is 49.3 cm³/mol. The second-order valence-electron chi connectivity index (χ2n) is 4.67. The molecule has 1 heterocycles. The summed E-state index contributed by atoms with van der Waals surface area (Å²) in [6.45, 7) is 0. The lowest BCUT2D eigenvalue weighted by Crippen LogP contribution is -2.35. The third-order valence-electron chi connectivity index (χ3n) is 3.70. The van der Waals surface area contributed by atoms with Gasteiger partial charge in [0.1, 0.15) is 12.2 Å². The van der Waals surface area contributed by atoms with E-state index in [0.29, 0.717) is 0 Å². The normalized spacial score (nSPS) is 47.3. The number of hydrogen-bond acceptors (Lipinski definition) is 5. The Morgan fingerprint density at radius 3 is 2.80 bits per heavy atom. The molecule has 5 nitrogen and oxygen atoms in total. The first kappa shape index (κ1) is 9.59. The number of rotatable bonds is 2. The van der Waals surface area contributed by atoms with Crippen molar-refractivity contribution in [2.45, 2.75) is 25.0 Å². The number of carbonyl (C=O) groups excluding carboxylic acids is 1. The van der Waals surface area contributed by atoms with Crippen molar-refractivity contribution in [1.29, 1.82) is 0 Å². The third-order valence-corrected chi connectivity index (χ3v) is 4.27. The molecule has 2 aliphatic carbocycles. The molecule has 5 atom stereocenters. The molecule has 0 amide bonds. The number of esters is 1. The molecule has 3 fully saturated rings. The van der Waals surface area contributed by atoms with Gasteiger partial charge in [-0.25, -0.2) is 0 Å². The molecular formula is C9H12O5S. The molecule has 3 aliphatic rings. The zero-order valence-electron chi connectivity index (χ0n) is 8.25. The number of hydrogen-bond donors (Lipinski definition) is 0. The highest BCUT2D eigenvalue weighted by Gasteiger charge is 2.63. The molecule has 0 spiro atoms. The van der Waals surface area contributed by atoms with Crippen molar-refractivity contribution in [3.05, 3.63) is 0 Å². The van der Waals surface area contributed by atoms with Gasteiger partial charge in [-0.3, -0.25) is 8.98 Å². The Kier molecular flexibility index (Phi) is 1.75. The minimum Gasteiger partial charge on any atom is -0.459 e. The maximum atomic E-state index is 11.4. The van der Waals surface area contributed by atoms with Crippen LogP contribution in [0.3, 0.4) is 0 Å². The van der Waals surface area contributed by atoms with Crippen molar-refractivity contribution >= 4 is 16.1 Å². The van der Waals surface area contributed by atoms with Crippen LogP contribution in [0.15, 0.2) is 0 Å². The van der Waals surface area contributed by atoms with Crippen molar-refractivity contribution in [3.63, 3.8) is 0 Å². The lowest BCUT2D eigenvalue weighted by molar-refractivity contribution is -0.145. The Labute approximate surface area is 87.9 Å². The van der Waals surface area contributed by atoms with E-state index in [0.717, 1.165) is 19.1 Å². The largest absolute Gasteiger partial charge is 0.459 e. The van der Waals surface area contributed by atoms with Gasteiger partial charge in [0.15, 0.2) is 0 Å². The molecule has 84 valence electrons. The van der Waals surface area contributed by atoms with Crippen LogP contribution in [0.4, 0.5) is 0 Å². The van der Waals surface area contributed by atoms with Gasteiger partial charge in [0, 0.05) is 5.92 Å². The molecule has 0 aromatic carbocycles. The van der Waals surface area contributed by atoms with Crippen molar-refractivity contribution < 1.29 is 22.1 Å². The summed E-state index contributed by atoms with van der Waals surface area (Å²) in [5.74, 6) is 0.187. The molecule has 2 bridgehead atoms. The van der Waals surface area contributed by atoms with Crippen LogP contribution in [0, 0.1) is 17.8 Å². The van der Waals surface area contributed by atoms with Crippen molar-refractivity contribution in [3.8, 4) is 0 Å². The van der Waals surface area contributed by atoms with E-state index in [2.05, 4.69) is 0 Å². The second-order valence-corrected chi connectivity index (χ2v) is 6.27. The van der Waals surface area contributed by atoms with Gasteiger partial charge in [-0.05, 0) is 18.8 Å². The Morgan fingerprint density at radius 1 is 1.40 bits per heavy atom. The van der Waals surface area contributed by atoms with Crippen LogP contribution in [0.5, 0.6) is 0 Å². The topological polar surface area (TPSA) is 69.7 Å². The molecule has 0 N–H and O–H groups in total. The second kappa shape index (κ2) is 2.74. The van der Waals surface area contributed by atoms with Gasteiger partial charge in [-0.2, -0.15) is 8.42 Å². The van der Waals surface area contributed by atoms with Gasteiger partial charge in [0.2, 0.25) is 0 Å². The van der Waals surface area contributed by atoms with Gasteiger partial charge in [-0.1, -0.05) is 0 Å². The first-order chi connectivity index (χ1) is 6.96. The van der Waals surface area contributed by atoms with Crippen molar-refractivity contribution in [2.24, 2.45) is 17.8 Å². The Morgan fingerprint density at radius 2 is 2.13 bits per heavy atom. The predicted octanol–water partition coefficient (Wildman–Crippen LogP) is -0.0874. The molecule has 15 heavy (non-hydrogen) atoms. The zero-order chi connectivity index (χ0) is 10.8. The molecule has 3 rings (SSSR count). The minimum absolute atomic E-state index is 0.000546. The smallest absolute Gasteiger partial charge is 0.309 e. The van der Waals surface area contributed by atoms with Crippen molar-refractivity contribution in [2.75, 3.05) is 6.26 Å². The number of carbonyl (C=O) groups is 1. The number of fused-ring (bicyclic) bond motifs is 1. The van der Waals surface area contributed by atoms with E-state index in [1.165, 1.54) is 0 Å². The zero-order valence-corrected chi connectivity index (χ0v) is 9.07. The summed E-state index contributed by atoms with van der Waals surface area (Å²) in [7, 11) is -3.46. The Bertz CT molecular complexity index is 414. The van der Waals surface area contributed by atoms with Crippen LogP contribution in [0.1, 0.15) is 12.8 Å². The van der Waals surface area contributed by atoms with E-state index in [4.69, 9.17) is 8.92 Å². The van der Waals surface area contributed by atoms with Crippen LogP contribution >= 0.6 is 0 Å². The fourth-order valence-electron chi connectivity index (χ4n) is 3.24. The fraction of sp³-hybridized carbons (Fsp3) is 0.889. The Hall–Kier alpha value is -0.620. The SMILES string of the molecule is CS(=O)(=O)OC1C2CC3C(=O)OC1C3C2. The summed E-state index contributed by atoms with van der Waals surface area (Å²) in [6, 6.07) is 0. The van der Waals surface area contributed by atoms with E-state index >= 15 is 0 Å². The summed E-state index contributed by atoms with van der Waals surface area (Å²) >= 11 is 0. The van der Waals surface area contributed by atoms with Gasteiger partial charge in [0.05, 0.1) is 12.2 Å². The van der Waals surface area contributed by atoms with Gasteiger partial charge >= 0.3 is 5.97 Å². The summed E-state index contributed by atoms with van der Waals surface area (Å²) in [5, 5.41) is 0. The first-order valence-corrected chi connectivity index (χ1v) is 6.86. The summed E-state index contributed by atoms with van der Waals surface area (Å²) < 4.78 is 32.3. The third kappa shape index (κ3) is 1.31. The maximum Gasteiger partial charge on any atom is 0.309 e. The molecule has 0 radical (unpaired) electrons. The Balaban J connectivity index is 1.87. The van der Waals surface area contributed by atoms with E-state index < -0.39 is 16.2 Å². The molecule has 1 aliphatic heterocycles. The average Bonchev–Trinajstić information content (AvgIpc) is 2.66. The van der Waals surface area contributed by atoms with Gasteiger partial charge in [-0.15, -0.1) is 0 Å². The highest BCUT2D eigenvalue weighted by atomic mass is 32.2. The number of ether oxygens (including phenoxy) is 1. The van der Waals surface area contributed by atoms with Crippen molar-refractivity contribution in [1.82, 2.24) is 0 Å². The molecular weight excluding hydrogens is 220 g/mol. The minimum atomic E-state index is -3.46. The monoisotopic (exact) mass is 232 g/mol. The fourth-order valence-corrected chi connectivity index (χ4v) is 3.91. The highest BCUT2D eigenvalue weighted by molar-refractivity contribution is 7.86. The van der Waals surface area contributed by atoms with E-state index in [-0.39, 0.29) is 29.8 Å². The molecule has 0 aromatic rings. The van der Waals surface area contributed by atoms with Crippen LogP contribution in [0.25, 0.3) is 0 Å². The lowest BCUT2D eigenvalue weighted by atomic mass is 9.88. The van der Waals surface area contributed by atoms with Gasteiger partial charge in [0.25, 0.3) is 10.1 Å². The van der Waals surface area contributed by atoms with Crippen LogP contribution in [-0.2, 0) is 23.8 Å². The molecule has 5 unspecified atom stereocenters. The lowest BCUT2D eigenvalue weighted by Gasteiger charge is -2.23. The average molecular weight is 232 g/mol. The molecule has 1 saturated heterocycles. The highest BCUT2D eigenvalue weighted by Crippen LogP contribution is 2.55. The van der Waals surface area contributed by atoms with Crippen LogP contribution < -0.4 is 0 Å². The molecule has 6 heteroatoms. The molecule has 0 aromatic heterocycles. The summed E-state index contributed by atoms with van der Waals surface area (Å²) in [4.78, 5) is 11.4. The van der Waals surface area contributed by atoms with Crippen LogP contribution in [-0.4, -0.2) is 32.9 Å². The summed E-state index contributed by atoms with van der Waals surface area (Å²) in [6.07, 6.45) is 1.86. The quantitative estimate of drug-likeness (QED) is 0.491. The van der Waals surface area contributed by atoms with E-state index in [1.807, 2.05) is 0 Å². The first-order valence-electron chi connectivity index (χ1n) is 5.04. The summed E-state index contributed by atoms with van der Waals surface area (Å²) in [5.41, 5.74) is 0. The maximum absolute atomic E-state index is 11.4.